The number of rotatable bonds is 5. The molecule has 5 heteroatoms. The first-order valence-corrected chi connectivity index (χ1v) is 5.17. The second kappa shape index (κ2) is 6.00. The highest BCUT2D eigenvalue weighted by Gasteiger charge is 2.23. The Morgan fingerprint density at radius 1 is 1.29 bits per heavy atom. The van der Waals surface area contributed by atoms with E-state index in [-0.39, 0.29) is 0 Å². The molecule has 92 valence electrons. The van der Waals surface area contributed by atoms with Gasteiger partial charge in [0.25, 0.3) is 5.91 Å². The van der Waals surface area contributed by atoms with E-state index in [1.54, 1.807) is 24.3 Å². The number of benzene rings is 1. The number of carbonyl (C=O) groups is 2. The zero-order chi connectivity index (χ0) is 12.8. The molecule has 1 aromatic rings. The van der Waals surface area contributed by atoms with E-state index in [0.29, 0.717) is 5.56 Å². The third kappa shape index (κ3) is 3.57. The first-order chi connectivity index (χ1) is 8.06. The van der Waals surface area contributed by atoms with E-state index in [2.05, 4.69) is 5.32 Å². The molecular weight excluding hydrogens is 222 g/mol. The van der Waals surface area contributed by atoms with Gasteiger partial charge in [0.05, 0.1) is 0 Å². The number of aliphatic carboxylic acids is 1. The Balaban J connectivity index is 2.75. The Morgan fingerprint density at radius 2 is 1.88 bits per heavy atom. The molecule has 0 unspecified atom stereocenters. The average molecular weight is 237 g/mol. The Hall–Kier alpha value is -1.88. The van der Waals surface area contributed by atoms with Gasteiger partial charge in [0.1, 0.15) is 6.04 Å². The van der Waals surface area contributed by atoms with Gasteiger partial charge in [-0.15, -0.1) is 0 Å². The quantitative estimate of drug-likeness (QED) is 0.800. The summed E-state index contributed by atoms with van der Waals surface area (Å²) in [7, 11) is 1.41. The number of hydrogen-bond acceptors (Lipinski definition) is 3. The molecular formula is C12H15NO4. The van der Waals surface area contributed by atoms with Crippen molar-refractivity contribution in [3.63, 3.8) is 0 Å². The van der Waals surface area contributed by atoms with Crippen LogP contribution >= 0.6 is 0 Å². The molecule has 0 radical (unpaired) electrons. The Labute approximate surface area is 99.4 Å². The molecule has 0 spiro atoms. The van der Waals surface area contributed by atoms with Gasteiger partial charge in [-0.1, -0.05) is 30.3 Å². The average Bonchev–Trinajstić information content (AvgIpc) is 2.31. The van der Waals surface area contributed by atoms with Crippen LogP contribution in [0.2, 0.25) is 0 Å². The van der Waals surface area contributed by atoms with Gasteiger partial charge in [-0.3, -0.25) is 9.59 Å². The van der Waals surface area contributed by atoms with Crippen LogP contribution in [-0.4, -0.2) is 30.1 Å². The molecule has 0 fully saturated rings. The molecule has 0 aliphatic carbocycles. The standard InChI is InChI=1S/C12H15NO4/c1-8(12(15)16)13-11(14)10(17-2)9-6-4-3-5-7-9/h3-8,10H,1-2H3,(H,13,14)(H,15,16)/t8-,10-/m1/s1. The maximum atomic E-state index is 11.8. The van der Waals surface area contributed by atoms with Crippen LogP contribution < -0.4 is 5.32 Å². The summed E-state index contributed by atoms with van der Waals surface area (Å²) in [6, 6.07) is 7.96. The van der Waals surface area contributed by atoms with Crippen molar-refractivity contribution in [2.75, 3.05) is 7.11 Å². The topological polar surface area (TPSA) is 75.6 Å². The van der Waals surface area contributed by atoms with Crippen LogP contribution in [0.5, 0.6) is 0 Å². The van der Waals surface area contributed by atoms with Crippen molar-refractivity contribution in [1.82, 2.24) is 5.32 Å². The number of amides is 1. The van der Waals surface area contributed by atoms with E-state index in [9.17, 15) is 9.59 Å². The fourth-order valence-corrected chi connectivity index (χ4v) is 1.37. The van der Waals surface area contributed by atoms with E-state index >= 15 is 0 Å². The van der Waals surface area contributed by atoms with E-state index in [1.165, 1.54) is 14.0 Å². The lowest BCUT2D eigenvalue weighted by Crippen LogP contribution is -2.41. The molecule has 2 atom stereocenters. The molecule has 1 amide bonds. The second-order valence-corrected chi connectivity index (χ2v) is 3.59. The summed E-state index contributed by atoms with van der Waals surface area (Å²) >= 11 is 0. The number of nitrogens with one attached hydrogen (secondary N) is 1. The monoisotopic (exact) mass is 237 g/mol. The Kier molecular flexibility index (Phi) is 4.66. The van der Waals surface area contributed by atoms with Gasteiger partial charge in [0.2, 0.25) is 0 Å². The fraction of sp³-hybridized carbons (Fsp3) is 0.333. The third-order valence-corrected chi connectivity index (χ3v) is 2.31. The minimum absolute atomic E-state index is 0.464. The first kappa shape index (κ1) is 13.2. The maximum absolute atomic E-state index is 11.8. The summed E-state index contributed by atoms with van der Waals surface area (Å²) in [6.07, 6.45) is -0.794. The van der Waals surface area contributed by atoms with Gasteiger partial charge in [-0.2, -0.15) is 0 Å². The van der Waals surface area contributed by atoms with Gasteiger partial charge in [-0.25, -0.2) is 0 Å². The van der Waals surface area contributed by atoms with Gasteiger partial charge in [-0.05, 0) is 12.5 Å². The molecule has 0 saturated carbocycles. The van der Waals surface area contributed by atoms with E-state index < -0.39 is 24.0 Å². The van der Waals surface area contributed by atoms with Crippen LogP contribution in [0.25, 0.3) is 0 Å². The summed E-state index contributed by atoms with van der Waals surface area (Å²) in [4.78, 5) is 22.4. The molecule has 0 bridgehead atoms. The molecule has 0 aliphatic rings. The minimum atomic E-state index is -1.08. The highest BCUT2D eigenvalue weighted by molar-refractivity contribution is 5.86. The molecule has 17 heavy (non-hydrogen) atoms. The number of carboxylic acids is 1. The Bertz CT molecular complexity index is 391. The molecule has 0 aromatic heterocycles. The van der Waals surface area contributed by atoms with E-state index in [1.807, 2.05) is 6.07 Å². The Morgan fingerprint density at radius 3 is 2.35 bits per heavy atom. The highest BCUT2D eigenvalue weighted by Crippen LogP contribution is 2.16. The number of methoxy groups -OCH3 is 1. The normalized spacial score (nSPS) is 13.8. The third-order valence-electron chi connectivity index (χ3n) is 2.31. The van der Waals surface area contributed by atoms with Gasteiger partial charge in [0.15, 0.2) is 6.10 Å². The highest BCUT2D eigenvalue weighted by atomic mass is 16.5. The summed E-state index contributed by atoms with van der Waals surface area (Å²) < 4.78 is 5.07. The summed E-state index contributed by atoms with van der Waals surface area (Å²) in [6.45, 7) is 1.40. The van der Waals surface area contributed by atoms with Crippen molar-refractivity contribution in [1.29, 1.82) is 0 Å². The second-order valence-electron chi connectivity index (χ2n) is 3.59. The number of ether oxygens (including phenoxy) is 1. The molecule has 5 nitrogen and oxygen atoms in total. The number of hydrogen-bond donors (Lipinski definition) is 2. The van der Waals surface area contributed by atoms with Crippen molar-refractivity contribution < 1.29 is 19.4 Å². The van der Waals surface area contributed by atoms with Crippen LogP contribution in [0, 0.1) is 0 Å². The van der Waals surface area contributed by atoms with Gasteiger partial charge < -0.3 is 15.2 Å². The zero-order valence-electron chi connectivity index (χ0n) is 9.71. The van der Waals surface area contributed by atoms with Crippen LogP contribution in [0.3, 0.4) is 0 Å². The number of carboxylic acid groups (broad SMARTS) is 1. The molecule has 0 heterocycles. The largest absolute Gasteiger partial charge is 0.480 e. The minimum Gasteiger partial charge on any atom is -0.480 e. The van der Waals surface area contributed by atoms with Crippen LogP contribution in [0.4, 0.5) is 0 Å². The van der Waals surface area contributed by atoms with Crippen molar-refractivity contribution >= 4 is 11.9 Å². The van der Waals surface area contributed by atoms with Crippen molar-refractivity contribution in [3.05, 3.63) is 35.9 Å². The van der Waals surface area contributed by atoms with Crippen LogP contribution in [0.1, 0.15) is 18.6 Å². The zero-order valence-corrected chi connectivity index (χ0v) is 9.71. The fourth-order valence-electron chi connectivity index (χ4n) is 1.37. The van der Waals surface area contributed by atoms with E-state index in [4.69, 9.17) is 9.84 Å². The van der Waals surface area contributed by atoms with Gasteiger partial charge in [0, 0.05) is 7.11 Å². The van der Waals surface area contributed by atoms with Crippen LogP contribution in [0.15, 0.2) is 30.3 Å². The molecule has 1 aromatic carbocycles. The van der Waals surface area contributed by atoms with Crippen molar-refractivity contribution in [2.45, 2.75) is 19.1 Å². The molecule has 0 aliphatic heterocycles. The summed E-state index contributed by atoms with van der Waals surface area (Å²) in [5.74, 6) is -1.55. The molecule has 0 saturated heterocycles. The predicted octanol–water partition coefficient (Wildman–Crippen LogP) is 0.963. The summed E-state index contributed by atoms with van der Waals surface area (Å²) in [5.41, 5.74) is 0.685. The van der Waals surface area contributed by atoms with Crippen molar-refractivity contribution in [2.24, 2.45) is 0 Å². The van der Waals surface area contributed by atoms with Crippen LogP contribution in [-0.2, 0) is 14.3 Å². The van der Waals surface area contributed by atoms with Crippen molar-refractivity contribution in [3.8, 4) is 0 Å². The smallest absolute Gasteiger partial charge is 0.325 e. The maximum Gasteiger partial charge on any atom is 0.325 e. The lowest BCUT2D eigenvalue weighted by molar-refractivity contribution is -0.143. The predicted molar refractivity (Wildman–Crippen MR) is 61.4 cm³/mol. The number of carbonyl (C=O) groups excluding carboxylic acids is 1. The SMILES string of the molecule is CO[C@@H](C(=O)N[C@H](C)C(=O)O)c1ccccc1. The van der Waals surface area contributed by atoms with E-state index in [0.717, 1.165) is 0 Å². The van der Waals surface area contributed by atoms with Gasteiger partial charge >= 0.3 is 5.97 Å². The lowest BCUT2D eigenvalue weighted by Gasteiger charge is -2.17. The molecule has 1 rings (SSSR count). The lowest BCUT2D eigenvalue weighted by atomic mass is 10.1. The summed E-state index contributed by atoms with van der Waals surface area (Å²) in [5, 5.41) is 11.1. The first-order valence-electron chi connectivity index (χ1n) is 5.17. The molecule has 2 N–H and O–H groups in total.